The van der Waals surface area contributed by atoms with Crippen LogP contribution in [0.5, 0.6) is 5.75 Å². The lowest BCUT2D eigenvalue weighted by Gasteiger charge is -2.32. The number of anilines is 1. The van der Waals surface area contributed by atoms with E-state index in [-0.39, 0.29) is 29.0 Å². The Labute approximate surface area is 231 Å². The van der Waals surface area contributed by atoms with Gasteiger partial charge in [-0.3, -0.25) is 13.9 Å². The van der Waals surface area contributed by atoms with Gasteiger partial charge in [-0.25, -0.2) is 8.42 Å². The molecule has 0 spiro atoms. The molecular formula is C30H37N3O5S. The van der Waals surface area contributed by atoms with E-state index in [0.29, 0.717) is 12.3 Å². The van der Waals surface area contributed by atoms with Crippen molar-refractivity contribution < 1.29 is 22.7 Å². The molecule has 208 valence electrons. The number of amides is 2. The first-order valence-corrected chi connectivity index (χ1v) is 14.3. The van der Waals surface area contributed by atoms with Crippen LogP contribution in [0.4, 0.5) is 5.69 Å². The van der Waals surface area contributed by atoms with Crippen LogP contribution < -0.4 is 14.4 Å². The van der Waals surface area contributed by atoms with Gasteiger partial charge in [-0.1, -0.05) is 74.0 Å². The Morgan fingerprint density at radius 3 is 2.13 bits per heavy atom. The Bertz CT molecular complexity index is 1360. The molecule has 3 aromatic rings. The molecule has 3 aromatic carbocycles. The summed E-state index contributed by atoms with van der Waals surface area (Å²) in [5, 5.41) is 2.88. The number of rotatable bonds is 12. The van der Waals surface area contributed by atoms with E-state index < -0.39 is 28.5 Å². The summed E-state index contributed by atoms with van der Waals surface area (Å²) in [6, 6.07) is 21.5. The van der Waals surface area contributed by atoms with Crippen molar-refractivity contribution in [2.24, 2.45) is 5.92 Å². The number of para-hydroxylation sites is 2. The number of carbonyl (C=O) groups excluding carboxylic acids is 2. The van der Waals surface area contributed by atoms with E-state index in [1.807, 2.05) is 51.1 Å². The van der Waals surface area contributed by atoms with E-state index in [1.54, 1.807) is 43.3 Å². The molecule has 0 bridgehead atoms. The third-order valence-electron chi connectivity index (χ3n) is 6.29. The Balaban J connectivity index is 2.03. The van der Waals surface area contributed by atoms with Crippen LogP contribution in [0.15, 0.2) is 83.8 Å². The second-order valence-electron chi connectivity index (χ2n) is 9.82. The SMILES string of the molecule is COc1ccccc1N(CC(=O)N(Cc1ccccc1)C(C)C(=O)NCC(C)C)S(=O)(=O)c1ccc(C)cc1. The predicted octanol–water partition coefficient (Wildman–Crippen LogP) is 4.39. The van der Waals surface area contributed by atoms with E-state index in [4.69, 9.17) is 4.74 Å². The van der Waals surface area contributed by atoms with Crippen molar-refractivity contribution in [3.63, 3.8) is 0 Å². The summed E-state index contributed by atoms with van der Waals surface area (Å²) in [6.07, 6.45) is 0. The number of carbonyl (C=O) groups is 2. The zero-order valence-corrected chi connectivity index (χ0v) is 23.9. The molecule has 8 nitrogen and oxygen atoms in total. The molecule has 39 heavy (non-hydrogen) atoms. The second kappa shape index (κ2) is 13.3. The maximum atomic E-state index is 13.9. The van der Waals surface area contributed by atoms with Crippen LogP contribution in [0.25, 0.3) is 0 Å². The summed E-state index contributed by atoms with van der Waals surface area (Å²) in [5.74, 6) is -0.288. The molecule has 1 unspecified atom stereocenters. The number of ether oxygens (including phenoxy) is 1. The lowest BCUT2D eigenvalue weighted by molar-refractivity contribution is -0.139. The van der Waals surface area contributed by atoms with E-state index >= 15 is 0 Å². The number of hydrogen-bond acceptors (Lipinski definition) is 5. The lowest BCUT2D eigenvalue weighted by Crippen LogP contribution is -2.51. The van der Waals surface area contributed by atoms with E-state index in [0.717, 1.165) is 15.4 Å². The van der Waals surface area contributed by atoms with E-state index in [1.165, 1.54) is 24.1 Å². The third kappa shape index (κ3) is 7.60. The first-order valence-electron chi connectivity index (χ1n) is 12.9. The van der Waals surface area contributed by atoms with Crippen molar-refractivity contribution in [3.8, 4) is 5.75 Å². The van der Waals surface area contributed by atoms with Gasteiger partial charge < -0.3 is 15.0 Å². The molecule has 0 aliphatic rings. The minimum absolute atomic E-state index is 0.0455. The highest BCUT2D eigenvalue weighted by atomic mass is 32.2. The van der Waals surface area contributed by atoms with Crippen molar-refractivity contribution in [1.82, 2.24) is 10.2 Å². The van der Waals surface area contributed by atoms with Gasteiger partial charge in [0, 0.05) is 13.1 Å². The number of nitrogens with one attached hydrogen (secondary N) is 1. The number of nitrogens with zero attached hydrogens (tertiary/aromatic N) is 2. The molecule has 0 aliphatic heterocycles. The van der Waals surface area contributed by atoms with Gasteiger partial charge in [0.05, 0.1) is 17.7 Å². The average Bonchev–Trinajstić information content (AvgIpc) is 2.93. The molecule has 9 heteroatoms. The standard InChI is InChI=1S/C30H37N3O5S/c1-22(2)19-31-30(35)24(4)32(20-25-11-7-6-8-12-25)29(34)21-33(27-13-9-10-14-28(27)38-5)39(36,37)26-17-15-23(3)16-18-26/h6-18,22,24H,19-21H2,1-5H3,(H,31,35). The molecule has 0 aliphatic carbocycles. The van der Waals surface area contributed by atoms with Gasteiger partial charge in [0.15, 0.2) is 0 Å². The minimum atomic E-state index is -4.17. The van der Waals surface area contributed by atoms with Crippen molar-refractivity contribution in [2.45, 2.75) is 45.2 Å². The smallest absolute Gasteiger partial charge is 0.264 e. The number of aryl methyl sites for hydroxylation is 1. The van der Waals surface area contributed by atoms with Crippen LogP contribution in [0.1, 0.15) is 31.9 Å². The number of methoxy groups -OCH3 is 1. The molecule has 0 saturated carbocycles. The van der Waals surface area contributed by atoms with Gasteiger partial charge >= 0.3 is 0 Å². The van der Waals surface area contributed by atoms with Gasteiger partial charge in [-0.15, -0.1) is 0 Å². The number of hydrogen-bond donors (Lipinski definition) is 1. The molecule has 0 aromatic heterocycles. The van der Waals surface area contributed by atoms with Crippen molar-refractivity contribution in [1.29, 1.82) is 0 Å². The van der Waals surface area contributed by atoms with E-state index in [2.05, 4.69) is 5.32 Å². The Morgan fingerprint density at radius 1 is 0.897 bits per heavy atom. The summed E-state index contributed by atoms with van der Waals surface area (Å²) in [4.78, 5) is 28.4. The summed E-state index contributed by atoms with van der Waals surface area (Å²) in [5.41, 5.74) is 1.95. The fourth-order valence-electron chi connectivity index (χ4n) is 4.00. The number of sulfonamides is 1. The number of benzene rings is 3. The second-order valence-corrected chi connectivity index (χ2v) is 11.7. The molecular weight excluding hydrogens is 514 g/mol. The summed E-state index contributed by atoms with van der Waals surface area (Å²) in [6.45, 7) is 7.57. The first kappa shape index (κ1) is 29.7. The zero-order chi connectivity index (χ0) is 28.6. The highest BCUT2D eigenvalue weighted by Crippen LogP contribution is 2.32. The molecule has 1 atom stereocenters. The van der Waals surface area contributed by atoms with Crippen LogP contribution in [0.3, 0.4) is 0 Å². The Hall–Kier alpha value is -3.85. The molecule has 0 radical (unpaired) electrons. The highest BCUT2D eigenvalue weighted by Gasteiger charge is 2.33. The zero-order valence-electron chi connectivity index (χ0n) is 23.1. The fraction of sp³-hybridized carbons (Fsp3) is 0.333. The molecule has 1 N–H and O–H groups in total. The molecule has 0 heterocycles. The van der Waals surface area contributed by atoms with Crippen molar-refractivity contribution in [2.75, 3.05) is 24.5 Å². The van der Waals surface area contributed by atoms with Crippen LogP contribution in [0.2, 0.25) is 0 Å². The maximum absolute atomic E-state index is 13.9. The van der Waals surface area contributed by atoms with Crippen LogP contribution >= 0.6 is 0 Å². The third-order valence-corrected chi connectivity index (χ3v) is 8.06. The van der Waals surface area contributed by atoms with Crippen molar-refractivity contribution >= 4 is 27.5 Å². The van der Waals surface area contributed by atoms with Gasteiger partial charge in [0.2, 0.25) is 11.8 Å². The fourth-order valence-corrected chi connectivity index (χ4v) is 5.43. The van der Waals surface area contributed by atoms with Crippen LogP contribution in [-0.2, 0) is 26.2 Å². The van der Waals surface area contributed by atoms with E-state index in [9.17, 15) is 18.0 Å². The van der Waals surface area contributed by atoms with Crippen LogP contribution in [0, 0.1) is 12.8 Å². The topological polar surface area (TPSA) is 96.0 Å². The van der Waals surface area contributed by atoms with Gasteiger partial charge in [0.1, 0.15) is 18.3 Å². The highest BCUT2D eigenvalue weighted by molar-refractivity contribution is 7.92. The summed E-state index contributed by atoms with van der Waals surface area (Å²) < 4.78 is 34.4. The predicted molar refractivity (Wildman–Crippen MR) is 153 cm³/mol. The average molecular weight is 552 g/mol. The quantitative estimate of drug-likeness (QED) is 0.360. The van der Waals surface area contributed by atoms with Gasteiger partial charge in [0.25, 0.3) is 10.0 Å². The summed E-state index contributed by atoms with van der Waals surface area (Å²) in [7, 11) is -2.72. The molecule has 0 fully saturated rings. The largest absolute Gasteiger partial charge is 0.495 e. The van der Waals surface area contributed by atoms with Gasteiger partial charge in [-0.05, 0) is 49.6 Å². The van der Waals surface area contributed by atoms with Crippen molar-refractivity contribution in [3.05, 3.63) is 90.0 Å². The Kier molecular flexibility index (Phi) is 10.1. The maximum Gasteiger partial charge on any atom is 0.264 e. The Morgan fingerprint density at radius 2 is 1.51 bits per heavy atom. The normalized spacial score (nSPS) is 12.1. The molecule has 3 rings (SSSR count). The first-order chi connectivity index (χ1) is 18.5. The monoisotopic (exact) mass is 551 g/mol. The molecule has 0 saturated heterocycles. The van der Waals surface area contributed by atoms with Gasteiger partial charge in [-0.2, -0.15) is 0 Å². The molecule has 2 amide bonds. The summed E-state index contributed by atoms with van der Waals surface area (Å²) >= 11 is 0. The lowest BCUT2D eigenvalue weighted by atomic mass is 10.1. The van der Waals surface area contributed by atoms with Crippen LogP contribution in [-0.4, -0.2) is 51.4 Å². The minimum Gasteiger partial charge on any atom is -0.495 e.